The van der Waals surface area contributed by atoms with Crippen molar-refractivity contribution in [3.8, 4) is 0 Å². The molecule has 62 valence electrons. The van der Waals surface area contributed by atoms with Gasteiger partial charge in [-0.15, -0.1) is 0 Å². The molecule has 11 heavy (non-hydrogen) atoms. The van der Waals surface area contributed by atoms with Gasteiger partial charge in [-0.05, 0) is 12.8 Å². The molecular weight excluding hydrogens is 140 g/mol. The van der Waals surface area contributed by atoms with Crippen molar-refractivity contribution in [2.75, 3.05) is 0 Å². The van der Waals surface area contributed by atoms with Crippen molar-refractivity contribution in [2.45, 2.75) is 43.7 Å². The second-order valence-corrected chi connectivity index (χ2v) is 3.70. The molecule has 3 heteroatoms. The topological polar surface area (TPSA) is 65.0 Å². The number of hydrogen-bond donors (Lipinski definition) is 2. The molecule has 1 saturated carbocycles. The van der Waals surface area contributed by atoms with E-state index in [4.69, 9.17) is 5.73 Å². The summed E-state index contributed by atoms with van der Waals surface area (Å²) in [6.45, 7) is 0. The predicted octanol–water partition coefficient (Wildman–Crippen LogP) is 0.146. The first-order valence-electron chi connectivity index (χ1n) is 4.32. The molecule has 3 nitrogen and oxygen atoms in total. The minimum absolute atomic E-state index is 0.0113. The molecule has 3 N–H and O–H groups in total. The van der Waals surface area contributed by atoms with E-state index in [0.29, 0.717) is 0 Å². The van der Waals surface area contributed by atoms with E-state index in [0.717, 1.165) is 12.8 Å². The number of rotatable bonds is 1. The van der Waals surface area contributed by atoms with Gasteiger partial charge in [0, 0.05) is 5.54 Å². The summed E-state index contributed by atoms with van der Waals surface area (Å²) in [7, 11) is 0. The van der Waals surface area contributed by atoms with Crippen LogP contribution in [0.5, 0.6) is 0 Å². The van der Waals surface area contributed by atoms with Gasteiger partial charge in [0.2, 0.25) is 5.91 Å². The van der Waals surface area contributed by atoms with E-state index in [1.54, 1.807) is 0 Å². The van der Waals surface area contributed by atoms with Crippen molar-refractivity contribution in [1.82, 2.24) is 5.32 Å². The van der Waals surface area contributed by atoms with Gasteiger partial charge in [-0.1, -0.05) is 19.3 Å². The average Bonchev–Trinajstić information content (AvgIpc) is 2.66. The average molecular weight is 154 g/mol. The first-order valence-corrected chi connectivity index (χ1v) is 4.32. The molecule has 0 radical (unpaired) electrons. The molecule has 2 rings (SSSR count). The van der Waals surface area contributed by atoms with E-state index in [-0.39, 0.29) is 17.5 Å². The zero-order valence-corrected chi connectivity index (χ0v) is 6.60. The third-order valence-electron chi connectivity index (χ3n) is 2.93. The minimum atomic E-state index is -0.174. The molecule has 1 amide bonds. The molecule has 1 saturated heterocycles. The number of carbonyl (C=O) groups excluding carboxylic acids is 1. The summed E-state index contributed by atoms with van der Waals surface area (Å²) in [6.07, 6.45) is 6.09. The maximum absolute atomic E-state index is 10.8. The maximum Gasteiger partial charge on any atom is 0.236 e. The Bertz CT molecular complexity index is 185. The van der Waals surface area contributed by atoms with Crippen molar-refractivity contribution < 1.29 is 4.79 Å². The lowest BCUT2D eigenvalue weighted by atomic mass is 9.86. The van der Waals surface area contributed by atoms with Gasteiger partial charge in [-0.3, -0.25) is 10.1 Å². The van der Waals surface area contributed by atoms with Crippen LogP contribution >= 0.6 is 0 Å². The second kappa shape index (κ2) is 2.21. The second-order valence-electron chi connectivity index (χ2n) is 3.70. The molecule has 1 atom stereocenters. The molecule has 0 aromatic heterocycles. The molecule has 0 bridgehead atoms. The van der Waals surface area contributed by atoms with E-state index >= 15 is 0 Å². The normalized spacial score (nSPS) is 33.6. The van der Waals surface area contributed by atoms with E-state index in [1.165, 1.54) is 19.3 Å². The Morgan fingerprint density at radius 2 is 2.00 bits per heavy atom. The summed E-state index contributed by atoms with van der Waals surface area (Å²) in [5.41, 5.74) is 5.34. The summed E-state index contributed by atoms with van der Waals surface area (Å²) in [4.78, 5) is 10.8. The molecule has 2 aliphatic rings. The Balaban J connectivity index is 1.99. The Hall–Kier alpha value is -0.570. The monoisotopic (exact) mass is 154 g/mol. The standard InChI is InChI=1S/C8H14N2O/c9-7(11)6-8(10-6)4-2-1-3-5-8/h6,10H,1-5H2,(H2,9,11). The fourth-order valence-electron chi connectivity index (χ4n) is 2.20. The molecule has 1 heterocycles. The lowest BCUT2D eigenvalue weighted by Gasteiger charge is -2.19. The zero-order valence-electron chi connectivity index (χ0n) is 6.60. The smallest absolute Gasteiger partial charge is 0.236 e. The van der Waals surface area contributed by atoms with Crippen LogP contribution in [0, 0.1) is 0 Å². The van der Waals surface area contributed by atoms with E-state index in [1.807, 2.05) is 0 Å². The summed E-state index contributed by atoms with van der Waals surface area (Å²) in [6, 6.07) is -0.0113. The van der Waals surface area contributed by atoms with Gasteiger partial charge in [0.25, 0.3) is 0 Å². The SMILES string of the molecule is NC(=O)C1NC12CCCCC2. The minimum Gasteiger partial charge on any atom is -0.368 e. The van der Waals surface area contributed by atoms with Gasteiger partial charge in [0.1, 0.15) is 6.04 Å². The highest BCUT2D eigenvalue weighted by molar-refractivity contribution is 5.85. The lowest BCUT2D eigenvalue weighted by Crippen LogP contribution is -2.28. The predicted molar refractivity (Wildman–Crippen MR) is 41.9 cm³/mol. The summed E-state index contributed by atoms with van der Waals surface area (Å²) in [5.74, 6) is -0.174. The number of amides is 1. The van der Waals surface area contributed by atoms with Crippen LogP contribution in [0.3, 0.4) is 0 Å². The van der Waals surface area contributed by atoms with E-state index < -0.39 is 0 Å². The van der Waals surface area contributed by atoms with E-state index in [9.17, 15) is 4.79 Å². The zero-order chi connectivity index (χ0) is 7.90. The molecule has 1 unspecified atom stereocenters. The van der Waals surface area contributed by atoms with E-state index in [2.05, 4.69) is 5.32 Å². The number of primary amides is 1. The van der Waals surface area contributed by atoms with Crippen LogP contribution in [0.1, 0.15) is 32.1 Å². The Morgan fingerprint density at radius 3 is 2.45 bits per heavy atom. The van der Waals surface area contributed by atoms with Crippen LogP contribution in [0.4, 0.5) is 0 Å². The first kappa shape index (κ1) is 7.10. The lowest BCUT2D eigenvalue weighted by molar-refractivity contribution is -0.117. The third kappa shape index (κ3) is 1.03. The van der Waals surface area contributed by atoms with Crippen LogP contribution in [-0.2, 0) is 4.79 Å². The van der Waals surface area contributed by atoms with Crippen molar-refractivity contribution in [3.05, 3.63) is 0 Å². The highest BCUT2D eigenvalue weighted by Gasteiger charge is 2.56. The van der Waals surface area contributed by atoms with Gasteiger partial charge < -0.3 is 5.73 Å². The van der Waals surface area contributed by atoms with Crippen LogP contribution in [0.25, 0.3) is 0 Å². The maximum atomic E-state index is 10.8. The summed E-state index contributed by atoms with van der Waals surface area (Å²) in [5, 5.41) is 3.21. The van der Waals surface area contributed by atoms with Crippen LogP contribution in [0.15, 0.2) is 0 Å². The number of nitrogens with one attached hydrogen (secondary N) is 1. The largest absolute Gasteiger partial charge is 0.368 e. The van der Waals surface area contributed by atoms with Gasteiger partial charge in [-0.25, -0.2) is 0 Å². The summed E-state index contributed by atoms with van der Waals surface area (Å²) < 4.78 is 0. The summed E-state index contributed by atoms with van der Waals surface area (Å²) >= 11 is 0. The van der Waals surface area contributed by atoms with Crippen LogP contribution in [0.2, 0.25) is 0 Å². The van der Waals surface area contributed by atoms with Crippen molar-refractivity contribution in [2.24, 2.45) is 5.73 Å². The molecule has 1 aliphatic carbocycles. The van der Waals surface area contributed by atoms with Crippen LogP contribution < -0.4 is 11.1 Å². The fraction of sp³-hybridized carbons (Fsp3) is 0.875. The van der Waals surface area contributed by atoms with Gasteiger partial charge in [0.15, 0.2) is 0 Å². The first-order chi connectivity index (χ1) is 5.25. The Morgan fingerprint density at radius 1 is 1.36 bits per heavy atom. The van der Waals surface area contributed by atoms with Crippen molar-refractivity contribution >= 4 is 5.91 Å². The number of carbonyl (C=O) groups is 1. The molecule has 2 fully saturated rings. The highest BCUT2D eigenvalue weighted by atomic mass is 16.1. The molecule has 0 aromatic rings. The molecule has 1 spiro atoms. The fourth-order valence-corrected chi connectivity index (χ4v) is 2.20. The Labute approximate surface area is 66.3 Å². The quantitative estimate of drug-likeness (QED) is 0.528. The number of nitrogens with two attached hydrogens (primary N) is 1. The van der Waals surface area contributed by atoms with Crippen molar-refractivity contribution in [1.29, 1.82) is 0 Å². The molecule has 0 aromatic carbocycles. The van der Waals surface area contributed by atoms with Crippen molar-refractivity contribution in [3.63, 3.8) is 0 Å². The van der Waals surface area contributed by atoms with Gasteiger partial charge in [-0.2, -0.15) is 0 Å². The van der Waals surface area contributed by atoms with Gasteiger partial charge >= 0.3 is 0 Å². The molecular formula is C8H14N2O. The molecule has 1 aliphatic heterocycles. The third-order valence-corrected chi connectivity index (χ3v) is 2.93. The highest BCUT2D eigenvalue weighted by Crippen LogP contribution is 2.40. The van der Waals surface area contributed by atoms with Crippen LogP contribution in [-0.4, -0.2) is 17.5 Å². The number of hydrogen-bond acceptors (Lipinski definition) is 2. The Kier molecular flexibility index (Phi) is 1.42. The van der Waals surface area contributed by atoms with Gasteiger partial charge in [0.05, 0.1) is 0 Å².